The molecule has 7 heteroatoms. The quantitative estimate of drug-likeness (QED) is 0.768. The van der Waals surface area contributed by atoms with Crippen molar-refractivity contribution in [1.29, 1.82) is 0 Å². The van der Waals surface area contributed by atoms with Crippen LogP contribution in [0.5, 0.6) is 5.75 Å². The van der Waals surface area contributed by atoms with E-state index in [1.807, 2.05) is 10.7 Å². The van der Waals surface area contributed by atoms with E-state index in [0.29, 0.717) is 6.61 Å². The fourth-order valence-corrected chi connectivity index (χ4v) is 3.96. The normalized spacial score (nSPS) is 19.5. The molecule has 3 heterocycles. The molecule has 0 radical (unpaired) electrons. The number of ether oxygens (including phenoxy) is 2. The van der Waals surface area contributed by atoms with Gasteiger partial charge in [0.2, 0.25) is 0 Å². The number of fused-ring (bicyclic) bond motifs is 1. The number of hydrogen-bond donors (Lipinski definition) is 1. The predicted molar refractivity (Wildman–Crippen MR) is 111 cm³/mol. The fraction of sp³-hybridized carbons (Fsp3) is 0.591. The molecule has 0 saturated carbocycles. The summed E-state index contributed by atoms with van der Waals surface area (Å²) in [6.45, 7) is 10.8. The van der Waals surface area contributed by atoms with E-state index in [-0.39, 0.29) is 0 Å². The van der Waals surface area contributed by atoms with Crippen LogP contribution in [0.1, 0.15) is 36.4 Å². The molecule has 1 fully saturated rings. The summed E-state index contributed by atoms with van der Waals surface area (Å²) in [5, 5.41) is 14.3. The van der Waals surface area contributed by atoms with Crippen LogP contribution in [0, 0.1) is 0 Å². The molecule has 1 unspecified atom stereocenters. The molecule has 0 bridgehead atoms. The van der Waals surface area contributed by atoms with Gasteiger partial charge in [-0.3, -0.25) is 14.5 Å². The first-order valence-corrected chi connectivity index (χ1v) is 10.7. The minimum absolute atomic E-state index is 0.515. The van der Waals surface area contributed by atoms with Gasteiger partial charge in [-0.15, -0.1) is 0 Å². The Balaban J connectivity index is 1.27. The number of aryl methyl sites for hydroxylation is 1. The molecule has 0 spiro atoms. The lowest BCUT2D eigenvalue weighted by atomic mass is 10.2. The number of hydrogen-bond acceptors (Lipinski definition) is 6. The maximum absolute atomic E-state index is 9.80. The summed E-state index contributed by atoms with van der Waals surface area (Å²) < 4.78 is 13.3. The van der Waals surface area contributed by atoms with Gasteiger partial charge in [-0.05, 0) is 37.1 Å². The highest BCUT2D eigenvalue weighted by atomic mass is 16.5. The third-order valence-electron chi connectivity index (χ3n) is 5.65. The van der Waals surface area contributed by atoms with E-state index >= 15 is 0 Å². The second kappa shape index (κ2) is 9.71. The first-order chi connectivity index (χ1) is 14.2. The Kier molecular flexibility index (Phi) is 6.82. The SMILES string of the molecule is CC(O)c1cc2n(n1)CCCN(Cc1ccc(OCCN3CCOCC3)cc1)C2. The molecule has 2 aliphatic heterocycles. The first kappa shape index (κ1) is 20.3. The van der Waals surface area contributed by atoms with E-state index in [1.54, 1.807) is 6.92 Å². The molecule has 0 amide bonds. The number of aliphatic hydroxyl groups is 1. The second-order valence-corrected chi connectivity index (χ2v) is 7.97. The molecule has 1 aromatic carbocycles. The van der Waals surface area contributed by atoms with E-state index in [2.05, 4.69) is 39.2 Å². The summed E-state index contributed by atoms with van der Waals surface area (Å²) in [6, 6.07) is 10.5. The van der Waals surface area contributed by atoms with Gasteiger partial charge < -0.3 is 14.6 Å². The van der Waals surface area contributed by atoms with Crippen LogP contribution in [-0.4, -0.2) is 70.7 Å². The highest BCUT2D eigenvalue weighted by molar-refractivity contribution is 5.27. The Morgan fingerprint density at radius 1 is 1.10 bits per heavy atom. The standard InChI is InChI=1S/C22H32N4O3/c1-18(27)22-15-20-17-25(7-2-8-26(20)23-22)16-19-3-5-21(6-4-19)29-14-11-24-9-12-28-13-10-24/h3-6,15,18,27H,2,7-14,16-17H2,1H3. The van der Waals surface area contributed by atoms with Gasteiger partial charge in [0.1, 0.15) is 12.4 Å². The Morgan fingerprint density at radius 2 is 1.90 bits per heavy atom. The zero-order valence-electron chi connectivity index (χ0n) is 17.3. The molecule has 1 atom stereocenters. The van der Waals surface area contributed by atoms with Gasteiger partial charge >= 0.3 is 0 Å². The van der Waals surface area contributed by atoms with E-state index in [0.717, 1.165) is 76.9 Å². The fourth-order valence-electron chi connectivity index (χ4n) is 3.96. The summed E-state index contributed by atoms with van der Waals surface area (Å²) in [7, 11) is 0. The lowest BCUT2D eigenvalue weighted by Gasteiger charge is -2.26. The summed E-state index contributed by atoms with van der Waals surface area (Å²) in [5.74, 6) is 0.928. The second-order valence-electron chi connectivity index (χ2n) is 7.97. The number of aliphatic hydroxyl groups excluding tert-OH is 1. The molecular formula is C22H32N4O3. The molecule has 7 nitrogen and oxygen atoms in total. The number of aromatic nitrogens is 2. The van der Waals surface area contributed by atoms with Gasteiger partial charge in [-0.25, -0.2) is 0 Å². The highest BCUT2D eigenvalue weighted by Crippen LogP contribution is 2.20. The molecule has 2 aromatic rings. The summed E-state index contributed by atoms with van der Waals surface area (Å²) in [4.78, 5) is 4.82. The molecule has 1 saturated heterocycles. The van der Waals surface area contributed by atoms with Crippen molar-refractivity contribution in [1.82, 2.24) is 19.6 Å². The van der Waals surface area contributed by atoms with Crippen molar-refractivity contribution in [3.63, 3.8) is 0 Å². The number of nitrogens with zero attached hydrogens (tertiary/aromatic N) is 4. The zero-order chi connectivity index (χ0) is 20.1. The van der Waals surface area contributed by atoms with Crippen LogP contribution in [-0.2, 0) is 24.4 Å². The number of rotatable bonds is 7. The van der Waals surface area contributed by atoms with Gasteiger partial charge in [0.05, 0.1) is 30.7 Å². The summed E-state index contributed by atoms with van der Waals surface area (Å²) in [6.07, 6.45) is 0.551. The Labute approximate surface area is 172 Å². The Hall–Kier alpha value is -1.93. The van der Waals surface area contributed by atoms with E-state index < -0.39 is 6.10 Å². The largest absolute Gasteiger partial charge is 0.492 e. The van der Waals surface area contributed by atoms with Gasteiger partial charge in [0.15, 0.2) is 0 Å². The van der Waals surface area contributed by atoms with Crippen LogP contribution >= 0.6 is 0 Å². The molecule has 158 valence electrons. The topological polar surface area (TPSA) is 63.0 Å². The minimum Gasteiger partial charge on any atom is -0.492 e. The maximum Gasteiger partial charge on any atom is 0.119 e. The van der Waals surface area contributed by atoms with E-state index in [1.165, 1.54) is 11.3 Å². The van der Waals surface area contributed by atoms with Crippen molar-refractivity contribution in [2.75, 3.05) is 46.0 Å². The molecule has 0 aliphatic carbocycles. The van der Waals surface area contributed by atoms with Gasteiger partial charge in [0, 0.05) is 45.8 Å². The monoisotopic (exact) mass is 400 g/mol. The number of benzene rings is 1. The third kappa shape index (κ3) is 5.57. The highest BCUT2D eigenvalue weighted by Gasteiger charge is 2.18. The zero-order valence-corrected chi connectivity index (χ0v) is 17.3. The van der Waals surface area contributed by atoms with Crippen molar-refractivity contribution < 1.29 is 14.6 Å². The van der Waals surface area contributed by atoms with Gasteiger partial charge in [0.25, 0.3) is 0 Å². The van der Waals surface area contributed by atoms with Gasteiger partial charge in [-0.2, -0.15) is 5.10 Å². The van der Waals surface area contributed by atoms with Crippen LogP contribution in [0.15, 0.2) is 30.3 Å². The van der Waals surface area contributed by atoms with Crippen LogP contribution in [0.4, 0.5) is 0 Å². The maximum atomic E-state index is 9.80. The third-order valence-corrected chi connectivity index (χ3v) is 5.65. The van der Waals surface area contributed by atoms with Gasteiger partial charge in [-0.1, -0.05) is 12.1 Å². The molecule has 2 aliphatic rings. The minimum atomic E-state index is -0.515. The Morgan fingerprint density at radius 3 is 2.66 bits per heavy atom. The van der Waals surface area contributed by atoms with Crippen LogP contribution in [0.25, 0.3) is 0 Å². The van der Waals surface area contributed by atoms with Crippen molar-refractivity contribution in [2.24, 2.45) is 0 Å². The Bertz CT molecular complexity index is 769. The lowest BCUT2D eigenvalue weighted by Crippen LogP contribution is -2.38. The predicted octanol–water partition coefficient (Wildman–Crippen LogP) is 2.05. The number of morpholine rings is 1. The average Bonchev–Trinajstić information content (AvgIpc) is 3.04. The average molecular weight is 401 g/mol. The van der Waals surface area contributed by atoms with Crippen molar-refractivity contribution in [3.8, 4) is 5.75 Å². The van der Waals surface area contributed by atoms with Crippen molar-refractivity contribution >= 4 is 0 Å². The van der Waals surface area contributed by atoms with Crippen LogP contribution in [0.3, 0.4) is 0 Å². The molecule has 4 rings (SSSR count). The molecule has 1 aromatic heterocycles. The van der Waals surface area contributed by atoms with Crippen LogP contribution < -0.4 is 4.74 Å². The first-order valence-electron chi connectivity index (χ1n) is 10.7. The van der Waals surface area contributed by atoms with Crippen LogP contribution in [0.2, 0.25) is 0 Å². The summed E-state index contributed by atoms with van der Waals surface area (Å²) in [5.41, 5.74) is 3.23. The molecular weight excluding hydrogens is 368 g/mol. The molecule has 1 N–H and O–H groups in total. The van der Waals surface area contributed by atoms with Crippen molar-refractivity contribution in [2.45, 2.75) is 39.1 Å². The smallest absolute Gasteiger partial charge is 0.119 e. The lowest BCUT2D eigenvalue weighted by molar-refractivity contribution is 0.0322. The van der Waals surface area contributed by atoms with E-state index in [4.69, 9.17) is 9.47 Å². The summed E-state index contributed by atoms with van der Waals surface area (Å²) >= 11 is 0. The molecule has 29 heavy (non-hydrogen) atoms. The van der Waals surface area contributed by atoms with Crippen molar-refractivity contribution in [3.05, 3.63) is 47.3 Å². The van der Waals surface area contributed by atoms with E-state index in [9.17, 15) is 5.11 Å².